The number of fused-ring (bicyclic) bond motifs is 6. The van der Waals surface area contributed by atoms with Crippen molar-refractivity contribution in [2.75, 3.05) is 10.0 Å². The topological polar surface area (TPSA) is 41.1 Å². The highest BCUT2D eigenvalue weighted by Crippen LogP contribution is 2.34. The summed E-state index contributed by atoms with van der Waals surface area (Å²) in [6, 6.07) is 90.1. The number of aryl methyl sites for hydroxylation is 2. The maximum Gasteiger partial charge on any atom is 0.0653 e. The van der Waals surface area contributed by atoms with Crippen LogP contribution in [0.15, 0.2) is 265 Å². The average molecular weight is 1070 g/mol. The largest absolute Gasteiger partial charge is 0.340 e. The molecule has 0 atom stereocenters. The molecule has 12 rings (SSSR count). The summed E-state index contributed by atoms with van der Waals surface area (Å²) in [5, 5.41) is 19.4. The molecule has 0 aliphatic rings. The van der Waals surface area contributed by atoms with Crippen molar-refractivity contribution in [3.63, 3.8) is 0 Å². The average Bonchev–Trinajstić information content (AvgIpc) is 4.23. The molecule has 402 valence electrons. The van der Waals surface area contributed by atoms with E-state index < -0.39 is 0 Å². The van der Waals surface area contributed by atoms with Gasteiger partial charge in [-0.1, -0.05) is 233 Å². The molecule has 0 aliphatic heterocycles. The Labute approximate surface area is 482 Å². The molecule has 0 saturated carbocycles. The quantitative estimate of drug-likeness (QED) is 0.0277. The van der Waals surface area contributed by atoms with Crippen molar-refractivity contribution >= 4 is 103 Å². The second-order valence-corrected chi connectivity index (χ2v) is 21.2. The Morgan fingerprint density at radius 3 is 0.939 bits per heavy atom. The predicted molar refractivity (Wildman–Crippen MR) is 352 cm³/mol. The van der Waals surface area contributed by atoms with E-state index >= 15 is 0 Å². The standard InChI is InChI=1S/C76H68N6/c1(3-5-23-53-79-73-35-21-19-33-69(73)71-55-63(45-51-75(71)79)57-77-81(65-29-15-9-16-30-65)67-47-41-61(42-48-67)39-37-59-25-11-7-12-26-59)2-4-6-24-54-80-74-36-22-20-34-70(74)72-56-64(46-52-76(72)80)58-78-82(66-31-17-10-18-32-66)68-49-43-62(44-50-68)40-38-60-27-13-8-14-28-60/h7-22,25-52,55-58H,1-6,23-24,53-54H2/b39-37+,40-38+,77-57+,78-58+. The lowest BCUT2D eigenvalue weighted by Gasteiger charge is -2.19. The minimum Gasteiger partial charge on any atom is -0.340 e. The summed E-state index contributed by atoms with van der Waals surface area (Å²) in [5.74, 6) is 0. The lowest BCUT2D eigenvalue weighted by molar-refractivity contribution is 0.536. The monoisotopic (exact) mass is 1060 g/mol. The Bertz CT molecular complexity index is 3860. The highest BCUT2D eigenvalue weighted by atomic mass is 15.5. The fraction of sp³-hybridized carbons (Fsp3) is 0.132. The summed E-state index contributed by atoms with van der Waals surface area (Å²) in [6.45, 7) is 2.02. The van der Waals surface area contributed by atoms with E-state index in [0.717, 1.165) is 70.9 Å². The molecule has 0 bridgehead atoms. The number of benzene rings is 10. The second-order valence-electron chi connectivity index (χ2n) is 21.2. The molecule has 82 heavy (non-hydrogen) atoms. The summed E-state index contributed by atoms with van der Waals surface area (Å²) in [6.07, 6.45) is 22.5. The lowest BCUT2D eigenvalue weighted by atomic mass is 10.1. The van der Waals surface area contributed by atoms with Crippen molar-refractivity contribution in [3.05, 3.63) is 288 Å². The van der Waals surface area contributed by atoms with Gasteiger partial charge in [0.25, 0.3) is 0 Å². The van der Waals surface area contributed by atoms with Gasteiger partial charge in [-0.2, -0.15) is 10.2 Å². The summed E-state index contributed by atoms with van der Waals surface area (Å²) in [5.41, 5.74) is 16.0. The van der Waals surface area contributed by atoms with Crippen LogP contribution >= 0.6 is 0 Å². The minimum absolute atomic E-state index is 1.00. The number of anilines is 4. The van der Waals surface area contributed by atoms with Crippen molar-refractivity contribution in [3.8, 4) is 0 Å². The van der Waals surface area contributed by atoms with E-state index in [-0.39, 0.29) is 0 Å². The van der Waals surface area contributed by atoms with Crippen LogP contribution in [0.1, 0.15) is 84.7 Å². The van der Waals surface area contributed by atoms with Gasteiger partial charge in [0, 0.05) is 56.7 Å². The molecule has 2 heterocycles. The van der Waals surface area contributed by atoms with Crippen LogP contribution in [0.2, 0.25) is 0 Å². The first-order valence-corrected chi connectivity index (χ1v) is 29.2. The van der Waals surface area contributed by atoms with E-state index in [0.29, 0.717) is 0 Å². The number of aromatic nitrogens is 2. The third kappa shape index (κ3) is 12.6. The van der Waals surface area contributed by atoms with Crippen LogP contribution < -0.4 is 10.0 Å². The second kappa shape index (κ2) is 26.0. The van der Waals surface area contributed by atoms with Gasteiger partial charge in [-0.3, -0.25) is 0 Å². The summed E-state index contributed by atoms with van der Waals surface area (Å²) >= 11 is 0. The van der Waals surface area contributed by atoms with Crippen molar-refractivity contribution in [1.29, 1.82) is 0 Å². The Balaban J connectivity index is 0.638. The summed E-state index contributed by atoms with van der Waals surface area (Å²) in [7, 11) is 0. The van der Waals surface area contributed by atoms with E-state index in [1.54, 1.807) is 0 Å². The normalized spacial score (nSPS) is 12.0. The van der Waals surface area contributed by atoms with Gasteiger partial charge in [-0.15, -0.1) is 0 Å². The van der Waals surface area contributed by atoms with Gasteiger partial charge in [0.05, 0.1) is 35.2 Å². The van der Waals surface area contributed by atoms with Crippen LogP contribution in [0.25, 0.3) is 67.9 Å². The molecule has 0 spiro atoms. The fourth-order valence-electron chi connectivity index (χ4n) is 11.3. The lowest BCUT2D eigenvalue weighted by Crippen LogP contribution is -2.09. The highest BCUT2D eigenvalue weighted by molar-refractivity contribution is 6.10. The Kier molecular flexibility index (Phi) is 16.8. The van der Waals surface area contributed by atoms with Gasteiger partial charge >= 0.3 is 0 Å². The van der Waals surface area contributed by atoms with Gasteiger partial charge in [0.1, 0.15) is 0 Å². The number of hydrogen-bond acceptors (Lipinski definition) is 4. The molecule has 0 unspecified atom stereocenters. The number of para-hydroxylation sites is 4. The van der Waals surface area contributed by atoms with Crippen LogP contribution in [0.5, 0.6) is 0 Å². The first kappa shape index (κ1) is 52.9. The van der Waals surface area contributed by atoms with Crippen molar-refractivity contribution < 1.29 is 0 Å². The molecular formula is C76H68N6. The van der Waals surface area contributed by atoms with Crippen LogP contribution in [0, 0.1) is 0 Å². The van der Waals surface area contributed by atoms with E-state index in [2.05, 4.69) is 264 Å². The summed E-state index contributed by atoms with van der Waals surface area (Å²) < 4.78 is 5.07. The molecule has 6 nitrogen and oxygen atoms in total. The number of nitrogens with zero attached hydrogens (tertiary/aromatic N) is 6. The minimum atomic E-state index is 1.00. The first-order chi connectivity index (χ1) is 40.7. The first-order valence-electron chi connectivity index (χ1n) is 29.2. The number of rotatable bonds is 23. The van der Waals surface area contributed by atoms with Crippen molar-refractivity contribution in [2.24, 2.45) is 10.2 Å². The molecule has 6 heteroatoms. The molecule has 0 saturated heterocycles. The molecule has 2 aromatic heterocycles. The van der Waals surface area contributed by atoms with Crippen LogP contribution in [0.4, 0.5) is 22.7 Å². The van der Waals surface area contributed by atoms with Gasteiger partial charge in [-0.25, -0.2) is 10.0 Å². The maximum absolute atomic E-state index is 5.10. The van der Waals surface area contributed by atoms with Crippen LogP contribution in [-0.4, -0.2) is 21.6 Å². The van der Waals surface area contributed by atoms with Gasteiger partial charge in [0.2, 0.25) is 0 Å². The van der Waals surface area contributed by atoms with E-state index in [1.807, 2.05) is 46.7 Å². The van der Waals surface area contributed by atoms with Gasteiger partial charge in [0.15, 0.2) is 0 Å². The van der Waals surface area contributed by atoms with E-state index in [9.17, 15) is 0 Å². The SMILES string of the molecule is C(=C\c1ccc(N(/N=C/c2ccc3c(c2)c2ccccc2n3CCCCCCCCCCn2c3ccccc3c3cc(/C=N/N(c4ccccc4)c4ccc(/C=C/c5ccccc5)cc4)ccc32)c2ccccc2)cc1)/c1ccccc1. The van der Waals surface area contributed by atoms with E-state index in [1.165, 1.54) is 93.3 Å². The van der Waals surface area contributed by atoms with Crippen molar-refractivity contribution in [1.82, 2.24) is 9.13 Å². The third-order valence-electron chi connectivity index (χ3n) is 15.6. The van der Waals surface area contributed by atoms with Gasteiger partial charge in [-0.05, 0) is 131 Å². The van der Waals surface area contributed by atoms with E-state index in [4.69, 9.17) is 10.2 Å². The molecule has 0 amide bonds. The molecule has 0 N–H and O–H groups in total. The number of unbranched alkanes of at least 4 members (excludes halogenated alkanes) is 7. The third-order valence-corrected chi connectivity index (χ3v) is 15.6. The molecule has 0 radical (unpaired) electrons. The molecule has 0 fully saturated rings. The zero-order valence-corrected chi connectivity index (χ0v) is 46.5. The Morgan fingerprint density at radius 1 is 0.256 bits per heavy atom. The smallest absolute Gasteiger partial charge is 0.0653 e. The predicted octanol–water partition coefficient (Wildman–Crippen LogP) is 20.4. The Morgan fingerprint density at radius 2 is 0.549 bits per heavy atom. The zero-order chi connectivity index (χ0) is 55.1. The molecule has 12 aromatic rings. The Hall–Kier alpha value is -9.78. The van der Waals surface area contributed by atoms with Gasteiger partial charge < -0.3 is 9.13 Å². The maximum atomic E-state index is 5.10. The summed E-state index contributed by atoms with van der Waals surface area (Å²) in [4.78, 5) is 0. The van der Waals surface area contributed by atoms with Crippen molar-refractivity contribution in [2.45, 2.75) is 64.5 Å². The fourth-order valence-corrected chi connectivity index (χ4v) is 11.3. The number of hydrazone groups is 2. The molecule has 0 aliphatic carbocycles. The van der Waals surface area contributed by atoms with Crippen LogP contribution in [0.3, 0.4) is 0 Å². The molecule has 10 aromatic carbocycles. The van der Waals surface area contributed by atoms with Crippen LogP contribution in [-0.2, 0) is 13.1 Å². The zero-order valence-electron chi connectivity index (χ0n) is 46.5. The number of hydrogen-bond donors (Lipinski definition) is 0. The molecular weight excluding hydrogens is 997 g/mol. The highest BCUT2D eigenvalue weighted by Gasteiger charge is 2.15.